The topological polar surface area (TPSA) is 65.0 Å². The van der Waals surface area contributed by atoms with Gasteiger partial charge in [-0.1, -0.05) is 0 Å². The Bertz CT molecular complexity index is 424. The minimum absolute atomic E-state index is 0.200. The third-order valence-electron chi connectivity index (χ3n) is 1.95. The van der Waals surface area contributed by atoms with Gasteiger partial charge in [-0.15, -0.1) is 0 Å². The Hall–Kier alpha value is -2.17. The van der Waals surface area contributed by atoms with Crippen LogP contribution in [0.25, 0.3) is 0 Å². The Kier molecular flexibility index (Phi) is 2.95. The van der Waals surface area contributed by atoms with Crippen LogP contribution in [0.15, 0.2) is 30.4 Å². The van der Waals surface area contributed by atoms with Crippen LogP contribution in [0.2, 0.25) is 0 Å². The van der Waals surface area contributed by atoms with Gasteiger partial charge in [-0.2, -0.15) is 0 Å². The van der Waals surface area contributed by atoms with Crippen LogP contribution < -0.4 is 14.2 Å². The quantitative estimate of drug-likeness (QED) is 0.781. The van der Waals surface area contributed by atoms with E-state index in [1.54, 1.807) is 18.2 Å². The molecule has 0 amide bonds. The summed E-state index contributed by atoms with van der Waals surface area (Å²) in [6.07, 6.45) is 2.46. The molecule has 0 bridgehead atoms. The number of carboxylic acid groups (broad SMARTS) is 1. The lowest BCUT2D eigenvalue weighted by atomic mass is 10.3. The molecule has 84 valence electrons. The molecule has 1 aromatic rings. The average molecular weight is 222 g/mol. The van der Waals surface area contributed by atoms with E-state index in [2.05, 4.69) is 0 Å². The summed E-state index contributed by atoms with van der Waals surface area (Å²) in [5, 5.41) is 8.36. The highest BCUT2D eigenvalue weighted by Gasteiger charge is 2.13. The molecule has 0 aliphatic carbocycles. The first kappa shape index (κ1) is 10.4. The smallest absolute Gasteiger partial charge is 0.328 e. The Morgan fingerprint density at radius 2 is 2.25 bits per heavy atom. The van der Waals surface area contributed by atoms with Gasteiger partial charge in [-0.05, 0) is 18.2 Å². The molecule has 1 aliphatic heterocycles. The summed E-state index contributed by atoms with van der Waals surface area (Å²) in [6.45, 7) is 0.420. The monoisotopic (exact) mass is 222 g/mol. The van der Waals surface area contributed by atoms with Gasteiger partial charge >= 0.3 is 5.97 Å². The zero-order valence-corrected chi connectivity index (χ0v) is 8.38. The van der Waals surface area contributed by atoms with Crippen LogP contribution >= 0.6 is 0 Å². The summed E-state index contributed by atoms with van der Waals surface area (Å²) < 4.78 is 15.6. The highest BCUT2D eigenvalue weighted by Crippen LogP contribution is 2.34. The lowest BCUT2D eigenvalue weighted by Crippen LogP contribution is -1.95. The Balaban J connectivity index is 1.93. The maximum absolute atomic E-state index is 10.2. The Labute approximate surface area is 91.9 Å². The molecule has 1 aromatic carbocycles. The van der Waals surface area contributed by atoms with Crippen LogP contribution in [0, 0.1) is 0 Å². The fourth-order valence-electron chi connectivity index (χ4n) is 1.26. The van der Waals surface area contributed by atoms with Crippen molar-refractivity contribution in [2.45, 2.75) is 0 Å². The highest BCUT2D eigenvalue weighted by molar-refractivity contribution is 5.79. The van der Waals surface area contributed by atoms with E-state index in [1.807, 2.05) is 0 Å². The van der Waals surface area contributed by atoms with E-state index < -0.39 is 5.97 Å². The summed E-state index contributed by atoms with van der Waals surface area (Å²) in [5.41, 5.74) is 0. The third-order valence-corrected chi connectivity index (χ3v) is 1.95. The van der Waals surface area contributed by atoms with Gasteiger partial charge in [0.1, 0.15) is 12.4 Å². The predicted molar refractivity (Wildman–Crippen MR) is 54.8 cm³/mol. The van der Waals surface area contributed by atoms with E-state index in [-0.39, 0.29) is 13.4 Å². The van der Waals surface area contributed by atoms with Crippen LogP contribution in [0.5, 0.6) is 17.2 Å². The maximum Gasteiger partial charge on any atom is 0.328 e. The second-order valence-electron chi connectivity index (χ2n) is 3.07. The van der Waals surface area contributed by atoms with Gasteiger partial charge in [0.05, 0.1) is 0 Å². The van der Waals surface area contributed by atoms with Crippen molar-refractivity contribution in [3.8, 4) is 17.2 Å². The van der Waals surface area contributed by atoms with Crippen molar-refractivity contribution < 1.29 is 24.1 Å². The van der Waals surface area contributed by atoms with E-state index in [4.69, 9.17) is 19.3 Å². The van der Waals surface area contributed by atoms with Crippen LogP contribution in [0.4, 0.5) is 0 Å². The largest absolute Gasteiger partial charge is 0.489 e. The molecule has 0 aromatic heterocycles. The molecule has 0 saturated heterocycles. The van der Waals surface area contributed by atoms with Crippen LogP contribution in [0.1, 0.15) is 0 Å². The van der Waals surface area contributed by atoms with Gasteiger partial charge in [0.15, 0.2) is 11.5 Å². The first-order valence-corrected chi connectivity index (χ1v) is 4.67. The molecule has 16 heavy (non-hydrogen) atoms. The predicted octanol–water partition coefficient (Wildman–Crippen LogP) is 1.43. The summed E-state index contributed by atoms with van der Waals surface area (Å²) in [4.78, 5) is 10.2. The number of carboxylic acids is 1. The molecule has 5 nitrogen and oxygen atoms in total. The van der Waals surface area contributed by atoms with Gasteiger partial charge < -0.3 is 19.3 Å². The molecule has 2 rings (SSSR count). The number of fused-ring (bicyclic) bond motifs is 1. The molecule has 0 fully saturated rings. The van der Waals surface area contributed by atoms with Gasteiger partial charge in [0, 0.05) is 12.1 Å². The average Bonchev–Trinajstić information content (AvgIpc) is 2.71. The number of rotatable bonds is 4. The highest BCUT2D eigenvalue weighted by atomic mass is 16.7. The van der Waals surface area contributed by atoms with Gasteiger partial charge in [-0.25, -0.2) is 4.79 Å². The molecule has 0 radical (unpaired) electrons. The minimum Gasteiger partial charge on any atom is -0.489 e. The normalized spacial score (nSPS) is 13.0. The van der Waals surface area contributed by atoms with Crippen molar-refractivity contribution in [1.29, 1.82) is 0 Å². The van der Waals surface area contributed by atoms with E-state index in [1.165, 1.54) is 6.08 Å². The van der Waals surface area contributed by atoms with Gasteiger partial charge in [0.2, 0.25) is 6.79 Å². The summed E-state index contributed by atoms with van der Waals surface area (Å²) >= 11 is 0. The molecule has 0 spiro atoms. The number of hydrogen-bond donors (Lipinski definition) is 1. The fourth-order valence-corrected chi connectivity index (χ4v) is 1.26. The molecule has 1 N–H and O–H groups in total. The van der Waals surface area contributed by atoms with E-state index >= 15 is 0 Å². The zero-order valence-electron chi connectivity index (χ0n) is 8.38. The first-order chi connectivity index (χ1) is 7.75. The van der Waals surface area contributed by atoms with Gasteiger partial charge in [-0.3, -0.25) is 0 Å². The molecule has 1 heterocycles. The number of benzene rings is 1. The SMILES string of the molecule is O=C(O)/C=C/COc1ccc2c(c1)OCO2. The van der Waals surface area contributed by atoms with Crippen molar-refractivity contribution in [3.63, 3.8) is 0 Å². The molecular formula is C11H10O5. The van der Waals surface area contributed by atoms with E-state index in [0.717, 1.165) is 6.08 Å². The molecule has 0 atom stereocenters. The third kappa shape index (κ3) is 2.44. The number of aliphatic carboxylic acids is 1. The lowest BCUT2D eigenvalue weighted by molar-refractivity contribution is -0.131. The lowest BCUT2D eigenvalue weighted by Gasteiger charge is -2.03. The van der Waals surface area contributed by atoms with Crippen molar-refractivity contribution in [2.75, 3.05) is 13.4 Å². The maximum atomic E-state index is 10.2. The molecule has 1 aliphatic rings. The minimum atomic E-state index is -0.991. The van der Waals surface area contributed by atoms with Crippen molar-refractivity contribution in [3.05, 3.63) is 30.4 Å². The van der Waals surface area contributed by atoms with Crippen LogP contribution in [-0.2, 0) is 4.79 Å². The molecule has 0 unspecified atom stereocenters. The Morgan fingerprint density at radius 3 is 3.06 bits per heavy atom. The Morgan fingerprint density at radius 1 is 1.44 bits per heavy atom. The molecule has 5 heteroatoms. The standard InChI is InChI=1S/C11H10O5/c12-11(13)2-1-5-14-8-3-4-9-10(6-8)16-7-15-9/h1-4,6H,5,7H2,(H,12,13)/b2-1+. The van der Waals surface area contributed by atoms with Crippen molar-refractivity contribution in [1.82, 2.24) is 0 Å². The van der Waals surface area contributed by atoms with Crippen molar-refractivity contribution >= 4 is 5.97 Å². The fraction of sp³-hybridized carbons (Fsp3) is 0.182. The molecular weight excluding hydrogens is 212 g/mol. The number of ether oxygens (including phenoxy) is 3. The van der Waals surface area contributed by atoms with E-state index in [0.29, 0.717) is 17.2 Å². The van der Waals surface area contributed by atoms with E-state index in [9.17, 15) is 4.79 Å². The van der Waals surface area contributed by atoms with Gasteiger partial charge in [0.25, 0.3) is 0 Å². The zero-order chi connectivity index (χ0) is 11.4. The summed E-state index contributed by atoms with van der Waals surface area (Å²) in [5.74, 6) is 0.946. The molecule has 0 saturated carbocycles. The number of carbonyl (C=O) groups is 1. The van der Waals surface area contributed by atoms with Crippen LogP contribution in [-0.4, -0.2) is 24.5 Å². The second-order valence-corrected chi connectivity index (χ2v) is 3.07. The second kappa shape index (κ2) is 4.57. The summed E-state index contributed by atoms with van der Waals surface area (Å²) in [6, 6.07) is 5.19. The first-order valence-electron chi connectivity index (χ1n) is 4.67. The number of hydrogen-bond acceptors (Lipinski definition) is 4. The van der Waals surface area contributed by atoms with Crippen molar-refractivity contribution in [2.24, 2.45) is 0 Å². The van der Waals surface area contributed by atoms with Crippen LogP contribution in [0.3, 0.4) is 0 Å². The summed E-state index contributed by atoms with van der Waals surface area (Å²) in [7, 11) is 0.